The summed E-state index contributed by atoms with van der Waals surface area (Å²) in [7, 11) is 0. The molecule has 1 atom stereocenters. The molecule has 0 saturated carbocycles. The van der Waals surface area contributed by atoms with Gasteiger partial charge >= 0.3 is 0 Å². The van der Waals surface area contributed by atoms with E-state index >= 15 is 0 Å². The number of halogens is 1. The monoisotopic (exact) mass is 297 g/mol. The third kappa shape index (κ3) is 3.60. The Hall–Kier alpha value is -0.770. The normalized spacial score (nSPS) is 19.9. The SMILES string of the molecule is CC(C)(C)CC1CNc2cc(Br)cnc2NC1. The second kappa shape index (κ2) is 4.84. The van der Waals surface area contributed by atoms with Gasteiger partial charge in [0.05, 0.1) is 5.69 Å². The Morgan fingerprint density at radius 3 is 2.76 bits per heavy atom. The number of fused-ring (bicyclic) bond motifs is 1. The van der Waals surface area contributed by atoms with E-state index in [1.165, 1.54) is 6.42 Å². The molecule has 1 aliphatic heterocycles. The molecule has 2 rings (SSSR count). The molecule has 0 fully saturated rings. The van der Waals surface area contributed by atoms with Gasteiger partial charge in [-0.25, -0.2) is 4.98 Å². The summed E-state index contributed by atoms with van der Waals surface area (Å²) in [6.07, 6.45) is 3.04. The van der Waals surface area contributed by atoms with Crippen LogP contribution in [0.15, 0.2) is 16.7 Å². The average Bonchev–Trinajstić information content (AvgIpc) is 2.39. The first kappa shape index (κ1) is 12.7. The largest absolute Gasteiger partial charge is 0.382 e. The number of anilines is 2. The zero-order chi connectivity index (χ0) is 12.5. The van der Waals surface area contributed by atoms with Gasteiger partial charge in [0.1, 0.15) is 5.82 Å². The quantitative estimate of drug-likeness (QED) is 0.829. The molecule has 0 amide bonds. The highest BCUT2D eigenvalue weighted by Gasteiger charge is 2.21. The lowest BCUT2D eigenvalue weighted by atomic mass is 9.84. The summed E-state index contributed by atoms with van der Waals surface area (Å²) in [5, 5.41) is 6.91. The lowest BCUT2D eigenvalue weighted by Crippen LogP contribution is -2.24. The summed E-state index contributed by atoms with van der Waals surface area (Å²) >= 11 is 3.45. The summed E-state index contributed by atoms with van der Waals surface area (Å²) < 4.78 is 1.01. The van der Waals surface area contributed by atoms with Gasteiger partial charge in [-0.2, -0.15) is 0 Å². The van der Waals surface area contributed by atoms with Crippen LogP contribution >= 0.6 is 15.9 Å². The van der Waals surface area contributed by atoms with Crippen LogP contribution in [0.3, 0.4) is 0 Å². The molecule has 1 aromatic heterocycles. The second-order valence-electron chi connectivity index (χ2n) is 5.94. The van der Waals surface area contributed by atoms with E-state index in [0.717, 1.165) is 29.1 Å². The van der Waals surface area contributed by atoms with Gasteiger partial charge in [-0.3, -0.25) is 0 Å². The van der Waals surface area contributed by atoms with Gasteiger partial charge in [-0.15, -0.1) is 0 Å². The Morgan fingerprint density at radius 1 is 1.35 bits per heavy atom. The molecule has 3 nitrogen and oxygen atoms in total. The van der Waals surface area contributed by atoms with Crippen LogP contribution in [0.4, 0.5) is 11.5 Å². The minimum absolute atomic E-state index is 0.374. The predicted octanol–water partition coefficient (Wildman–Crippen LogP) is 3.73. The van der Waals surface area contributed by atoms with E-state index in [2.05, 4.69) is 58.4 Å². The Balaban J connectivity index is 2.06. The lowest BCUT2D eigenvalue weighted by molar-refractivity contribution is 0.310. The third-order valence-electron chi connectivity index (χ3n) is 2.89. The molecular weight excluding hydrogens is 278 g/mol. The fraction of sp³-hybridized carbons (Fsp3) is 0.615. The smallest absolute Gasteiger partial charge is 0.149 e. The first-order chi connectivity index (χ1) is 7.94. The Bertz CT molecular complexity index is 398. The molecular formula is C13H20BrN3. The Labute approximate surface area is 112 Å². The van der Waals surface area contributed by atoms with Gasteiger partial charge in [0, 0.05) is 23.8 Å². The summed E-state index contributed by atoms with van der Waals surface area (Å²) in [5.41, 5.74) is 1.47. The number of nitrogens with one attached hydrogen (secondary N) is 2. The van der Waals surface area contributed by atoms with Crippen molar-refractivity contribution in [3.63, 3.8) is 0 Å². The molecule has 0 saturated heterocycles. The average molecular weight is 298 g/mol. The van der Waals surface area contributed by atoms with Crippen molar-refractivity contribution in [2.45, 2.75) is 27.2 Å². The molecule has 94 valence electrons. The maximum Gasteiger partial charge on any atom is 0.149 e. The van der Waals surface area contributed by atoms with E-state index in [9.17, 15) is 0 Å². The first-order valence-electron chi connectivity index (χ1n) is 6.07. The fourth-order valence-electron chi connectivity index (χ4n) is 2.29. The van der Waals surface area contributed by atoms with Crippen LogP contribution in [0, 0.1) is 11.3 Å². The molecule has 0 aliphatic carbocycles. The lowest BCUT2D eigenvalue weighted by Gasteiger charge is -2.24. The molecule has 2 heterocycles. The van der Waals surface area contributed by atoms with Gasteiger partial charge in [-0.1, -0.05) is 20.8 Å². The van der Waals surface area contributed by atoms with Crippen LogP contribution in [-0.2, 0) is 0 Å². The fourth-order valence-corrected chi connectivity index (χ4v) is 2.62. The Morgan fingerprint density at radius 2 is 2.06 bits per heavy atom. The van der Waals surface area contributed by atoms with Gasteiger partial charge in [0.25, 0.3) is 0 Å². The van der Waals surface area contributed by atoms with Gasteiger partial charge in [-0.05, 0) is 39.8 Å². The summed E-state index contributed by atoms with van der Waals surface area (Å²) in [6.45, 7) is 8.88. The summed E-state index contributed by atoms with van der Waals surface area (Å²) in [4.78, 5) is 4.39. The highest BCUT2D eigenvalue weighted by Crippen LogP contribution is 2.30. The maximum absolute atomic E-state index is 4.39. The number of rotatable bonds is 1. The number of nitrogens with zero attached hydrogens (tertiary/aromatic N) is 1. The van der Waals surface area contributed by atoms with Crippen molar-refractivity contribution in [2.75, 3.05) is 23.7 Å². The van der Waals surface area contributed by atoms with Crippen molar-refractivity contribution >= 4 is 27.4 Å². The summed E-state index contributed by atoms with van der Waals surface area (Å²) in [6, 6.07) is 2.08. The highest BCUT2D eigenvalue weighted by atomic mass is 79.9. The molecule has 1 unspecified atom stereocenters. The molecule has 0 radical (unpaired) electrons. The van der Waals surface area contributed by atoms with E-state index < -0.39 is 0 Å². The van der Waals surface area contributed by atoms with Crippen LogP contribution in [-0.4, -0.2) is 18.1 Å². The first-order valence-corrected chi connectivity index (χ1v) is 6.87. The van der Waals surface area contributed by atoms with Crippen LogP contribution in [0.1, 0.15) is 27.2 Å². The van der Waals surface area contributed by atoms with Crippen molar-refractivity contribution in [3.8, 4) is 0 Å². The Kier molecular flexibility index (Phi) is 3.61. The highest BCUT2D eigenvalue weighted by molar-refractivity contribution is 9.10. The minimum atomic E-state index is 0.374. The third-order valence-corrected chi connectivity index (χ3v) is 3.33. The number of aromatic nitrogens is 1. The topological polar surface area (TPSA) is 37.0 Å². The zero-order valence-corrected chi connectivity index (χ0v) is 12.3. The molecule has 2 N–H and O–H groups in total. The molecule has 0 aromatic carbocycles. The van der Waals surface area contributed by atoms with Gasteiger partial charge in [0.2, 0.25) is 0 Å². The predicted molar refractivity (Wildman–Crippen MR) is 76.5 cm³/mol. The van der Waals surface area contributed by atoms with E-state index in [1.807, 2.05) is 6.20 Å². The van der Waals surface area contributed by atoms with E-state index in [-0.39, 0.29) is 0 Å². The second-order valence-corrected chi connectivity index (χ2v) is 6.86. The van der Waals surface area contributed by atoms with Gasteiger partial charge < -0.3 is 10.6 Å². The molecule has 1 aromatic rings. The molecule has 0 bridgehead atoms. The van der Waals surface area contributed by atoms with Gasteiger partial charge in [0.15, 0.2) is 0 Å². The van der Waals surface area contributed by atoms with Crippen molar-refractivity contribution in [3.05, 3.63) is 16.7 Å². The van der Waals surface area contributed by atoms with Crippen LogP contribution in [0.25, 0.3) is 0 Å². The van der Waals surface area contributed by atoms with E-state index in [1.54, 1.807) is 0 Å². The van der Waals surface area contributed by atoms with E-state index in [0.29, 0.717) is 11.3 Å². The van der Waals surface area contributed by atoms with Crippen molar-refractivity contribution in [2.24, 2.45) is 11.3 Å². The standard InChI is InChI=1S/C13H20BrN3/c1-13(2,3)5-9-6-15-11-4-10(14)8-17-12(11)16-7-9/h4,8-9,15H,5-7H2,1-3H3,(H,16,17). The van der Waals surface area contributed by atoms with Crippen LogP contribution in [0.2, 0.25) is 0 Å². The van der Waals surface area contributed by atoms with Crippen molar-refractivity contribution in [1.29, 1.82) is 0 Å². The maximum atomic E-state index is 4.39. The molecule has 1 aliphatic rings. The summed E-state index contributed by atoms with van der Waals surface area (Å²) in [5.74, 6) is 1.60. The van der Waals surface area contributed by atoms with Crippen molar-refractivity contribution < 1.29 is 0 Å². The molecule has 0 spiro atoms. The number of hydrogen-bond donors (Lipinski definition) is 2. The number of hydrogen-bond acceptors (Lipinski definition) is 3. The van der Waals surface area contributed by atoms with Crippen LogP contribution < -0.4 is 10.6 Å². The number of pyridine rings is 1. The van der Waals surface area contributed by atoms with E-state index in [4.69, 9.17) is 0 Å². The van der Waals surface area contributed by atoms with Crippen LogP contribution in [0.5, 0.6) is 0 Å². The molecule has 17 heavy (non-hydrogen) atoms. The minimum Gasteiger partial charge on any atom is -0.382 e. The zero-order valence-electron chi connectivity index (χ0n) is 10.7. The van der Waals surface area contributed by atoms with Crippen molar-refractivity contribution in [1.82, 2.24) is 4.98 Å². The molecule has 4 heteroatoms.